The number of ether oxygens (including phenoxy) is 1. The fraction of sp³-hybridized carbons (Fsp3) is 0.208. The molecule has 1 atom stereocenters. The van der Waals surface area contributed by atoms with E-state index in [1.165, 1.54) is 23.9 Å². The summed E-state index contributed by atoms with van der Waals surface area (Å²) in [5.74, 6) is 0.410. The summed E-state index contributed by atoms with van der Waals surface area (Å²) in [6.45, 7) is 3.62. The van der Waals surface area contributed by atoms with E-state index in [9.17, 15) is 20.2 Å². The molecule has 0 spiro atoms. The minimum Gasteiger partial charge on any atom is -0.497 e. The van der Waals surface area contributed by atoms with Crippen molar-refractivity contribution < 1.29 is 14.5 Å². The number of carbonyl (C=O) groups is 1. The van der Waals surface area contributed by atoms with Gasteiger partial charge in [0, 0.05) is 17.7 Å². The predicted molar refractivity (Wildman–Crippen MR) is 127 cm³/mol. The number of nitro groups is 1. The second-order valence-electron chi connectivity index (χ2n) is 7.15. The molecule has 0 saturated heterocycles. The maximum Gasteiger partial charge on any atom is 0.271 e. The lowest BCUT2D eigenvalue weighted by molar-refractivity contribution is -0.384. The van der Waals surface area contributed by atoms with Crippen LogP contribution in [0.5, 0.6) is 5.75 Å². The molecule has 1 N–H and O–H groups in total. The Hall–Kier alpha value is -3.90. The van der Waals surface area contributed by atoms with Crippen molar-refractivity contribution in [2.45, 2.75) is 30.5 Å². The minimum atomic E-state index is -0.547. The third-order valence-electron chi connectivity index (χ3n) is 4.97. The summed E-state index contributed by atoms with van der Waals surface area (Å²) in [5, 5.41) is 23.3. The minimum absolute atomic E-state index is 0.0998. The average Bonchev–Trinajstić information content (AvgIpc) is 2.83. The van der Waals surface area contributed by atoms with Crippen LogP contribution in [-0.2, 0) is 4.79 Å². The van der Waals surface area contributed by atoms with Gasteiger partial charge in [-0.25, -0.2) is 4.98 Å². The number of nitrogens with zero attached hydrogens (tertiary/aromatic N) is 3. The van der Waals surface area contributed by atoms with E-state index in [2.05, 4.69) is 16.4 Å². The zero-order valence-electron chi connectivity index (χ0n) is 18.4. The van der Waals surface area contributed by atoms with Crippen molar-refractivity contribution in [2.24, 2.45) is 0 Å². The first-order valence-electron chi connectivity index (χ1n) is 10.1. The third-order valence-corrected chi connectivity index (χ3v) is 6.34. The molecule has 33 heavy (non-hydrogen) atoms. The van der Waals surface area contributed by atoms with E-state index in [1.807, 2.05) is 31.2 Å². The van der Waals surface area contributed by atoms with E-state index in [0.717, 1.165) is 11.3 Å². The number of pyridine rings is 1. The Balaban J connectivity index is 1.85. The van der Waals surface area contributed by atoms with Crippen molar-refractivity contribution in [3.63, 3.8) is 0 Å². The summed E-state index contributed by atoms with van der Waals surface area (Å²) in [5.41, 5.74) is 2.89. The molecule has 0 bridgehead atoms. The highest BCUT2D eigenvalue weighted by Gasteiger charge is 2.22. The summed E-state index contributed by atoms with van der Waals surface area (Å²) >= 11 is 1.20. The Morgan fingerprint density at radius 2 is 1.97 bits per heavy atom. The first kappa shape index (κ1) is 23.8. The summed E-state index contributed by atoms with van der Waals surface area (Å²) in [7, 11) is 1.59. The number of nitrogens with one attached hydrogen (secondary N) is 1. The van der Waals surface area contributed by atoms with Crippen molar-refractivity contribution in [3.8, 4) is 23.1 Å². The maximum atomic E-state index is 13.0. The predicted octanol–water partition coefficient (Wildman–Crippen LogP) is 5.35. The van der Waals surface area contributed by atoms with Gasteiger partial charge in [0.1, 0.15) is 16.8 Å². The summed E-state index contributed by atoms with van der Waals surface area (Å²) in [6, 6.07) is 17.3. The molecule has 9 heteroatoms. The van der Waals surface area contributed by atoms with Gasteiger partial charge in [-0.2, -0.15) is 5.26 Å². The normalized spacial score (nSPS) is 11.3. The molecule has 0 saturated carbocycles. The number of nitriles is 1. The van der Waals surface area contributed by atoms with Gasteiger partial charge in [-0.1, -0.05) is 24.8 Å². The van der Waals surface area contributed by atoms with Gasteiger partial charge < -0.3 is 10.1 Å². The van der Waals surface area contributed by atoms with Gasteiger partial charge in [0.15, 0.2) is 0 Å². The van der Waals surface area contributed by atoms with Crippen LogP contribution in [0, 0.1) is 28.4 Å². The molecular formula is C24H22N4O4S. The van der Waals surface area contributed by atoms with Gasteiger partial charge in [-0.05, 0) is 55.3 Å². The van der Waals surface area contributed by atoms with Gasteiger partial charge in [-0.3, -0.25) is 14.9 Å². The number of non-ortho nitro benzene ring substituents is 1. The first-order chi connectivity index (χ1) is 15.9. The standard InChI is InChI=1S/C24H22N4O4S/c1-4-22(23(29)26-21-13-18(28(30)31)9-5-15(21)2)33-24-17(14-25)8-12-20(27-24)16-6-10-19(32-3)11-7-16/h5-13,22H,4H2,1-3H3,(H,26,29). The number of aryl methyl sites for hydroxylation is 1. The van der Waals surface area contributed by atoms with Crippen LogP contribution < -0.4 is 10.1 Å². The smallest absolute Gasteiger partial charge is 0.271 e. The second-order valence-corrected chi connectivity index (χ2v) is 8.34. The monoisotopic (exact) mass is 462 g/mol. The van der Waals surface area contributed by atoms with E-state index < -0.39 is 10.2 Å². The van der Waals surface area contributed by atoms with E-state index in [1.54, 1.807) is 32.2 Å². The van der Waals surface area contributed by atoms with Crippen LogP contribution in [0.15, 0.2) is 59.6 Å². The number of methoxy groups -OCH3 is 1. The quantitative estimate of drug-likeness (QED) is 0.272. The Kier molecular flexibility index (Phi) is 7.64. The lowest BCUT2D eigenvalue weighted by Gasteiger charge is -2.16. The number of nitro benzene ring substituents is 1. The Morgan fingerprint density at radius 3 is 2.58 bits per heavy atom. The van der Waals surface area contributed by atoms with Gasteiger partial charge in [0.25, 0.3) is 5.69 Å². The topological polar surface area (TPSA) is 118 Å². The number of anilines is 1. The molecule has 3 aromatic rings. The van der Waals surface area contributed by atoms with E-state index in [-0.39, 0.29) is 11.6 Å². The second kappa shape index (κ2) is 10.6. The van der Waals surface area contributed by atoms with E-state index >= 15 is 0 Å². The molecule has 1 amide bonds. The molecule has 3 rings (SSSR count). The van der Waals surface area contributed by atoms with Gasteiger partial charge in [0.05, 0.1) is 34.2 Å². The van der Waals surface area contributed by atoms with Crippen molar-refractivity contribution in [1.29, 1.82) is 5.26 Å². The molecule has 8 nitrogen and oxygen atoms in total. The van der Waals surface area contributed by atoms with Crippen LogP contribution in [0.25, 0.3) is 11.3 Å². The highest BCUT2D eigenvalue weighted by molar-refractivity contribution is 8.00. The van der Waals surface area contributed by atoms with Crippen molar-refractivity contribution >= 4 is 29.0 Å². The summed E-state index contributed by atoms with van der Waals surface area (Å²) in [4.78, 5) is 28.2. The number of amides is 1. The van der Waals surface area contributed by atoms with Gasteiger partial charge >= 0.3 is 0 Å². The average molecular weight is 463 g/mol. The number of hydrogen-bond donors (Lipinski definition) is 1. The van der Waals surface area contributed by atoms with Crippen LogP contribution in [0.3, 0.4) is 0 Å². The van der Waals surface area contributed by atoms with Crippen LogP contribution in [0.1, 0.15) is 24.5 Å². The molecule has 0 fully saturated rings. The van der Waals surface area contributed by atoms with Crippen molar-refractivity contribution in [3.05, 3.63) is 75.8 Å². The van der Waals surface area contributed by atoms with E-state index in [0.29, 0.717) is 34.0 Å². The number of aromatic nitrogens is 1. The molecule has 0 radical (unpaired) electrons. The summed E-state index contributed by atoms with van der Waals surface area (Å²) < 4.78 is 5.19. The Morgan fingerprint density at radius 1 is 1.24 bits per heavy atom. The number of hydrogen-bond acceptors (Lipinski definition) is 7. The van der Waals surface area contributed by atoms with Crippen LogP contribution in [-0.4, -0.2) is 28.2 Å². The molecular weight excluding hydrogens is 440 g/mol. The molecule has 0 aliphatic carbocycles. The largest absolute Gasteiger partial charge is 0.497 e. The lowest BCUT2D eigenvalue weighted by atomic mass is 10.1. The lowest BCUT2D eigenvalue weighted by Crippen LogP contribution is -2.25. The fourth-order valence-electron chi connectivity index (χ4n) is 3.07. The molecule has 2 aromatic carbocycles. The van der Waals surface area contributed by atoms with Gasteiger partial charge in [-0.15, -0.1) is 0 Å². The van der Waals surface area contributed by atoms with Crippen molar-refractivity contribution in [2.75, 3.05) is 12.4 Å². The fourth-order valence-corrected chi connectivity index (χ4v) is 4.06. The van der Waals surface area contributed by atoms with E-state index in [4.69, 9.17) is 4.74 Å². The molecule has 1 heterocycles. The highest BCUT2D eigenvalue weighted by atomic mass is 32.2. The molecule has 0 aliphatic heterocycles. The SMILES string of the molecule is CCC(Sc1nc(-c2ccc(OC)cc2)ccc1C#N)C(=O)Nc1cc([N+](=O)[O-])ccc1C. The highest BCUT2D eigenvalue weighted by Crippen LogP contribution is 2.31. The van der Waals surface area contributed by atoms with Crippen molar-refractivity contribution in [1.82, 2.24) is 4.98 Å². The maximum absolute atomic E-state index is 13.0. The molecule has 168 valence electrons. The Bertz CT molecular complexity index is 1220. The molecule has 0 aliphatic rings. The van der Waals surface area contributed by atoms with Crippen LogP contribution in [0.4, 0.5) is 11.4 Å². The van der Waals surface area contributed by atoms with Crippen LogP contribution >= 0.6 is 11.8 Å². The van der Waals surface area contributed by atoms with Crippen LogP contribution in [0.2, 0.25) is 0 Å². The third kappa shape index (κ3) is 5.67. The zero-order chi connectivity index (χ0) is 24.0. The zero-order valence-corrected chi connectivity index (χ0v) is 19.2. The molecule has 1 aromatic heterocycles. The first-order valence-corrected chi connectivity index (χ1v) is 11.0. The number of carbonyl (C=O) groups excluding carboxylic acids is 1. The Labute approximate surface area is 195 Å². The number of thioether (sulfide) groups is 1. The number of benzene rings is 2. The number of rotatable bonds is 8. The summed E-state index contributed by atoms with van der Waals surface area (Å²) in [6.07, 6.45) is 0.476. The van der Waals surface area contributed by atoms with Gasteiger partial charge in [0.2, 0.25) is 5.91 Å². The molecule has 1 unspecified atom stereocenters.